The molecular weight excluding hydrogens is 359 g/mol. The zero-order valence-corrected chi connectivity index (χ0v) is 14.9. The first kappa shape index (κ1) is 16.5. The van der Waals surface area contributed by atoms with Crippen molar-refractivity contribution in [2.45, 2.75) is 19.0 Å². The summed E-state index contributed by atoms with van der Waals surface area (Å²) >= 11 is 3.18. The summed E-state index contributed by atoms with van der Waals surface area (Å²) in [6.45, 7) is 4.69. The average molecular weight is 381 g/mol. The lowest BCUT2D eigenvalue weighted by Crippen LogP contribution is -2.42. The highest BCUT2D eigenvalue weighted by Gasteiger charge is 2.29. The third-order valence-corrected chi connectivity index (χ3v) is 5.12. The lowest BCUT2D eigenvalue weighted by molar-refractivity contribution is 0.259. The minimum atomic E-state index is -0.234. The van der Waals surface area contributed by atoms with Gasteiger partial charge in [0.15, 0.2) is 5.96 Å². The molecular formula is C17H22BrFN4. The predicted molar refractivity (Wildman–Crippen MR) is 95.0 cm³/mol. The molecule has 2 aliphatic heterocycles. The Morgan fingerprint density at radius 1 is 1.39 bits per heavy atom. The van der Waals surface area contributed by atoms with E-state index in [-0.39, 0.29) is 5.82 Å². The molecule has 124 valence electrons. The van der Waals surface area contributed by atoms with E-state index in [0.29, 0.717) is 17.1 Å². The zero-order chi connectivity index (χ0) is 16.2. The first-order valence-corrected chi connectivity index (χ1v) is 8.75. The number of nitrogens with one attached hydrogen (secondary N) is 1. The van der Waals surface area contributed by atoms with Gasteiger partial charge in [-0.1, -0.05) is 18.2 Å². The second kappa shape index (κ2) is 7.45. The third kappa shape index (κ3) is 3.93. The molecule has 1 fully saturated rings. The van der Waals surface area contributed by atoms with Gasteiger partial charge in [-0.3, -0.25) is 9.89 Å². The molecule has 23 heavy (non-hydrogen) atoms. The number of benzene rings is 1. The van der Waals surface area contributed by atoms with Crippen molar-refractivity contribution < 1.29 is 4.39 Å². The summed E-state index contributed by atoms with van der Waals surface area (Å²) in [5.41, 5.74) is 0.909. The lowest BCUT2D eigenvalue weighted by atomic mass is 10.2. The van der Waals surface area contributed by atoms with E-state index in [0.717, 1.165) is 44.1 Å². The third-order valence-electron chi connectivity index (χ3n) is 4.47. The van der Waals surface area contributed by atoms with Crippen molar-refractivity contribution in [1.29, 1.82) is 0 Å². The highest BCUT2D eigenvalue weighted by atomic mass is 79.9. The number of likely N-dealkylation sites (tertiary alicyclic amines) is 1. The van der Waals surface area contributed by atoms with Gasteiger partial charge in [0.2, 0.25) is 0 Å². The molecule has 6 heteroatoms. The maximum Gasteiger partial charge on any atom is 0.193 e. The fourth-order valence-electron chi connectivity index (χ4n) is 3.19. The number of rotatable bonds is 3. The van der Waals surface area contributed by atoms with Crippen LogP contribution in [-0.2, 0) is 6.54 Å². The van der Waals surface area contributed by atoms with E-state index in [1.165, 1.54) is 0 Å². The van der Waals surface area contributed by atoms with Crippen molar-refractivity contribution in [3.8, 4) is 0 Å². The first-order chi connectivity index (χ1) is 11.2. The summed E-state index contributed by atoms with van der Waals surface area (Å²) in [6.07, 6.45) is 5.63. The van der Waals surface area contributed by atoms with E-state index in [9.17, 15) is 4.39 Å². The molecule has 0 saturated carbocycles. The molecule has 0 spiro atoms. The first-order valence-electron chi connectivity index (χ1n) is 7.96. The highest BCUT2D eigenvalue weighted by Crippen LogP contribution is 2.19. The van der Waals surface area contributed by atoms with Gasteiger partial charge in [-0.25, -0.2) is 4.39 Å². The van der Waals surface area contributed by atoms with Gasteiger partial charge in [-0.2, -0.15) is 0 Å². The molecule has 0 radical (unpaired) electrons. The van der Waals surface area contributed by atoms with Crippen LogP contribution in [-0.4, -0.2) is 55.0 Å². The average Bonchev–Trinajstić information content (AvgIpc) is 3.22. The number of nitrogens with zero attached hydrogens (tertiary/aromatic N) is 3. The Labute approximate surface area is 145 Å². The Morgan fingerprint density at radius 2 is 2.17 bits per heavy atom. The largest absolute Gasteiger partial charge is 0.352 e. The van der Waals surface area contributed by atoms with E-state index >= 15 is 0 Å². The highest BCUT2D eigenvalue weighted by molar-refractivity contribution is 9.10. The number of halogens is 2. The topological polar surface area (TPSA) is 30.9 Å². The number of aliphatic imine (C=N–C) groups is 1. The van der Waals surface area contributed by atoms with E-state index in [2.05, 4.69) is 48.2 Å². The molecule has 2 heterocycles. The summed E-state index contributed by atoms with van der Waals surface area (Å²) in [5.74, 6) is 0.657. The van der Waals surface area contributed by atoms with Crippen molar-refractivity contribution in [1.82, 2.24) is 15.1 Å². The number of hydrogen-bond donors (Lipinski definition) is 1. The Kier molecular flexibility index (Phi) is 5.33. The Hall–Kier alpha value is -1.40. The molecule has 4 nitrogen and oxygen atoms in total. The molecule has 1 saturated heterocycles. The van der Waals surface area contributed by atoms with Gasteiger partial charge in [0.1, 0.15) is 5.82 Å². The van der Waals surface area contributed by atoms with Crippen LogP contribution in [0.15, 0.2) is 39.8 Å². The van der Waals surface area contributed by atoms with Crippen LogP contribution in [0.25, 0.3) is 0 Å². The van der Waals surface area contributed by atoms with Crippen LogP contribution in [0.5, 0.6) is 0 Å². The van der Waals surface area contributed by atoms with Crippen molar-refractivity contribution in [2.24, 2.45) is 4.99 Å². The van der Waals surface area contributed by atoms with E-state index in [1.807, 2.05) is 6.07 Å². The summed E-state index contributed by atoms with van der Waals surface area (Å²) in [6, 6.07) is 5.79. The smallest absolute Gasteiger partial charge is 0.193 e. The minimum absolute atomic E-state index is 0.234. The van der Waals surface area contributed by atoms with Crippen molar-refractivity contribution in [3.05, 3.63) is 46.2 Å². The molecule has 0 aromatic heterocycles. The van der Waals surface area contributed by atoms with Crippen LogP contribution in [0.1, 0.15) is 12.0 Å². The van der Waals surface area contributed by atoms with Crippen LogP contribution in [0.4, 0.5) is 4.39 Å². The molecule has 0 bridgehead atoms. The second-order valence-electron chi connectivity index (χ2n) is 5.96. The van der Waals surface area contributed by atoms with Gasteiger partial charge in [0.05, 0.1) is 4.47 Å². The molecule has 0 aliphatic carbocycles. The van der Waals surface area contributed by atoms with Crippen LogP contribution < -0.4 is 5.32 Å². The molecule has 1 aromatic rings. The molecule has 3 rings (SSSR count). The monoisotopic (exact) mass is 380 g/mol. The fraction of sp³-hybridized carbons (Fsp3) is 0.471. The van der Waals surface area contributed by atoms with Gasteiger partial charge < -0.3 is 10.2 Å². The molecule has 0 amide bonds. The number of hydrogen-bond acceptors (Lipinski definition) is 2. The minimum Gasteiger partial charge on any atom is -0.352 e. The molecule has 1 aromatic carbocycles. The van der Waals surface area contributed by atoms with Crippen molar-refractivity contribution in [3.63, 3.8) is 0 Å². The SMILES string of the molecule is CN=C(NCc1ccc(Br)c(F)c1)N1CCC(N2CC=CC2)C1. The maximum absolute atomic E-state index is 13.6. The fourth-order valence-corrected chi connectivity index (χ4v) is 3.43. The summed E-state index contributed by atoms with van der Waals surface area (Å²) in [4.78, 5) is 9.17. The van der Waals surface area contributed by atoms with E-state index in [4.69, 9.17) is 0 Å². The zero-order valence-electron chi connectivity index (χ0n) is 13.3. The Bertz CT molecular complexity index is 609. The lowest BCUT2D eigenvalue weighted by Gasteiger charge is -2.25. The van der Waals surface area contributed by atoms with Crippen LogP contribution in [0.2, 0.25) is 0 Å². The van der Waals surface area contributed by atoms with Crippen LogP contribution in [0.3, 0.4) is 0 Å². The molecule has 1 N–H and O–H groups in total. The van der Waals surface area contributed by atoms with E-state index in [1.54, 1.807) is 19.2 Å². The second-order valence-corrected chi connectivity index (χ2v) is 6.82. The summed E-state index contributed by atoms with van der Waals surface area (Å²) < 4.78 is 14.1. The normalized spacial score (nSPS) is 22.1. The summed E-state index contributed by atoms with van der Waals surface area (Å²) in [5, 5.41) is 3.35. The quantitative estimate of drug-likeness (QED) is 0.496. The van der Waals surface area contributed by atoms with E-state index < -0.39 is 0 Å². The standard InChI is InChI=1S/C17H22BrFN4/c1-20-17(21-11-13-4-5-15(18)16(19)10-13)23-9-6-14(12-23)22-7-2-3-8-22/h2-5,10,14H,6-9,11-12H2,1H3,(H,20,21). The predicted octanol–water partition coefficient (Wildman–Crippen LogP) is 2.61. The van der Waals surface area contributed by atoms with Crippen molar-refractivity contribution >= 4 is 21.9 Å². The number of guanidine groups is 1. The van der Waals surface area contributed by atoms with Gasteiger partial charge in [0.25, 0.3) is 0 Å². The van der Waals surface area contributed by atoms with Crippen molar-refractivity contribution in [2.75, 3.05) is 33.2 Å². The summed E-state index contributed by atoms with van der Waals surface area (Å²) in [7, 11) is 1.80. The Morgan fingerprint density at radius 3 is 2.87 bits per heavy atom. The molecule has 1 unspecified atom stereocenters. The van der Waals surface area contributed by atoms with Gasteiger partial charge >= 0.3 is 0 Å². The molecule has 1 atom stereocenters. The molecule has 2 aliphatic rings. The van der Waals surface area contributed by atoms with Crippen LogP contribution >= 0.6 is 15.9 Å². The van der Waals surface area contributed by atoms with Gasteiger partial charge in [0, 0.05) is 45.8 Å². The maximum atomic E-state index is 13.6. The van der Waals surface area contributed by atoms with Crippen LogP contribution in [0, 0.1) is 5.82 Å². The van der Waals surface area contributed by atoms with Gasteiger partial charge in [-0.05, 0) is 40.0 Å². The van der Waals surface area contributed by atoms with Gasteiger partial charge in [-0.15, -0.1) is 0 Å². The Balaban J connectivity index is 1.55.